The van der Waals surface area contributed by atoms with Crippen LogP contribution in [0.25, 0.3) is 11.3 Å². The Morgan fingerprint density at radius 2 is 2.04 bits per heavy atom. The van der Waals surface area contributed by atoms with Gasteiger partial charge in [-0.3, -0.25) is 14.6 Å². The van der Waals surface area contributed by atoms with E-state index in [0.29, 0.717) is 5.92 Å². The van der Waals surface area contributed by atoms with E-state index in [-0.39, 0.29) is 0 Å². The molecule has 0 aliphatic carbocycles. The molecular weight excluding hydrogens is 336 g/mol. The standard InChI is InChI=1S/C22H26N4O/c1-25-14-17(13-23-25)15-26-12-6-7-18(16-26)20-9-5-10-21(24-20)19-8-3-4-11-22(19)27-2/h3-5,8-11,13-14,18H,6-7,12,15-16H2,1-2H3/t18-/m1/s1. The van der Waals surface area contributed by atoms with Gasteiger partial charge >= 0.3 is 0 Å². The van der Waals surface area contributed by atoms with Gasteiger partial charge < -0.3 is 4.74 Å². The molecule has 1 saturated heterocycles. The first-order valence-electron chi connectivity index (χ1n) is 9.53. The Kier molecular flexibility index (Phi) is 5.21. The van der Waals surface area contributed by atoms with E-state index in [1.165, 1.54) is 24.1 Å². The zero-order valence-corrected chi connectivity index (χ0v) is 16.0. The lowest BCUT2D eigenvalue weighted by molar-refractivity contribution is 0.198. The highest BCUT2D eigenvalue weighted by molar-refractivity contribution is 5.67. The molecule has 5 nitrogen and oxygen atoms in total. The number of hydrogen-bond acceptors (Lipinski definition) is 4. The number of aryl methyl sites for hydroxylation is 1. The minimum atomic E-state index is 0.463. The molecular formula is C22H26N4O. The highest BCUT2D eigenvalue weighted by Crippen LogP contribution is 2.31. The normalized spacial score (nSPS) is 17.8. The second kappa shape index (κ2) is 7.92. The highest BCUT2D eigenvalue weighted by atomic mass is 16.5. The summed E-state index contributed by atoms with van der Waals surface area (Å²) in [6.45, 7) is 3.13. The zero-order valence-electron chi connectivity index (χ0n) is 16.0. The Labute approximate surface area is 160 Å². The molecule has 5 heteroatoms. The number of para-hydroxylation sites is 1. The van der Waals surface area contributed by atoms with Gasteiger partial charge in [-0.15, -0.1) is 0 Å². The van der Waals surface area contributed by atoms with Gasteiger partial charge in [0.05, 0.1) is 19.0 Å². The molecule has 4 rings (SSSR count). The molecule has 2 aromatic heterocycles. The molecule has 1 aliphatic rings. The quantitative estimate of drug-likeness (QED) is 0.691. The fraction of sp³-hybridized carbons (Fsp3) is 0.364. The van der Waals surface area contributed by atoms with Gasteiger partial charge in [-0.2, -0.15) is 5.10 Å². The Hall–Kier alpha value is -2.66. The van der Waals surface area contributed by atoms with Gasteiger partial charge in [-0.25, -0.2) is 0 Å². The van der Waals surface area contributed by atoms with E-state index in [1.807, 2.05) is 36.1 Å². The van der Waals surface area contributed by atoms with Crippen molar-refractivity contribution in [1.82, 2.24) is 19.7 Å². The molecule has 140 valence electrons. The first kappa shape index (κ1) is 17.7. The second-order valence-electron chi connectivity index (χ2n) is 7.24. The molecule has 0 unspecified atom stereocenters. The number of rotatable bonds is 5. The molecule has 27 heavy (non-hydrogen) atoms. The van der Waals surface area contributed by atoms with E-state index in [0.717, 1.165) is 36.6 Å². The lowest BCUT2D eigenvalue weighted by Crippen LogP contribution is -2.34. The van der Waals surface area contributed by atoms with Crippen LogP contribution in [0.1, 0.15) is 30.0 Å². The summed E-state index contributed by atoms with van der Waals surface area (Å²) in [5, 5.41) is 4.29. The summed E-state index contributed by atoms with van der Waals surface area (Å²) in [4.78, 5) is 7.51. The summed E-state index contributed by atoms with van der Waals surface area (Å²) in [6.07, 6.45) is 6.45. The number of aromatic nitrogens is 3. The summed E-state index contributed by atoms with van der Waals surface area (Å²) in [5.74, 6) is 1.33. The SMILES string of the molecule is COc1ccccc1-c1cccc([C@@H]2CCCN(Cc3cnn(C)c3)C2)n1. The van der Waals surface area contributed by atoms with E-state index in [9.17, 15) is 0 Å². The van der Waals surface area contributed by atoms with Gasteiger partial charge in [0.1, 0.15) is 5.75 Å². The largest absolute Gasteiger partial charge is 0.496 e. The van der Waals surface area contributed by atoms with Crippen molar-refractivity contribution in [2.75, 3.05) is 20.2 Å². The maximum absolute atomic E-state index is 5.51. The summed E-state index contributed by atoms with van der Waals surface area (Å²) in [7, 11) is 3.68. The minimum absolute atomic E-state index is 0.463. The van der Waals surface area contributed by atoms with Gasteiger partial charge in [0, 0.05) is 49.1 Å². The van der Waals surface area contributed by atoms with Gasteiger partial charge in [-0.1, -0.05) is 18.2 Å². The topological polar surface area (TPSA) is 43.2 Å². The molecule has 3 aromatic rings. The maximum atomic E-state index is 5.51. The molecule has 1 aliphatic heterocycles. The van der Waals surface area contributed by atoms with Crippen molar-refractivity contribution in [2.45, 2.75) is 25.3 Å². The predicted molar refractivity (Wildman–Crippen MR) is 107 cm³/mol. The Balaban J connectivity index is 1.53. The Morgan fingerprint density at radius 1 is 1.15 bits per heavy atom. The van der Waals surface area contributed by atoms with Gasteiger partial charge in [0.2, 0.25) is 0 Å². The van der Waals surface area contributed by atoms with Crippen molar-refractivity contribution in [3.63, 3.8) is 0 Å². The molecule has 1 atom stereocenters. The number of nitrogens with zero attached hydrogens (tertiary/aromatic N) is 4. The third-order valence-corrected chi connectivity index (χ3v) is 5.24. The van der Waals surface area contributed by atoms with E-state index < -0.39 is 0 Å². The van der Waals surface area contributed by atoms with Crippen molar-refractivity contribution >= 4 is 0 Å². The van der Waals surface area contributed by atoms with Crippen molar-refractivity contribution in [3.05, 3.63) is 66.1 Å². The van der Waals surface area contributed by atoms with Crippen molar-refractivity contribution in [2.24, 2.45) is 7.05 Å². The lowest BCUT2D eigenvalue weighted by atomic mass is 9.93. The number of benzene rings is 1. The summed E-state index contributed by atoms with van der Waals surface area (Å²) in [5.41, 5.74) is 4.47. The Morgan fingerprint density at radius 3 is 2.85 bits per heavy atom. The van der Waals surface area contributed by atoms with Crippen LogP contribution in [0.4, 0.5) is 0 Å². The number of hydrogen-bond donors (Lipinski definition) is 0. The average Bonchev–Trinajstić information content (AvgIpc) is 3.13. The molecule has 0 spiro atoms. The van der Waals surface area contributed by atoms with Crippen LogP contribution >= 0.6 is 0 Å². The number of methoxy groups -OCH3 is 1. The van der Waals surface area contributed by atoms with Gasteiger partial charge in [-0.05, 0) is 43.7 Å². The van der Waals surface area contributed by atoms with Crippen LogP contribution in [-0.2, 0) is 13.6 Å². The molecule has 0 bridgehead atoms. The molecule has 1 fully saturated rings. The van der Waals surface area contributed by atoms with Gasteiger partial charge in [0.15, 0.2) is 0 Å². The van der Waals surface area contributed by atoms with E-state index >= 15 is 0 Å². The maximum Gasteiger partial charge on any atom is 0.128 e. The fourth-order valence-electron chi connectivity index (χ4n) is 3.94. The van der Waals surface area contributed by atoms with E-state index in [2.05, 4.69) is 40.5 Å². The second-order valence-corrected chi connectivity index (χ2v) is 7.24. The molecule has 0 N–H and O–H groups in total. The third-order valence-electron chi connectivity index (χ3n) is 5.24. The van der Waals surface area contributed by atoms with Crippen molar-refractivity contribution in [3.8, 4) is 17.0 Å². The number of ether oxygens (including phenoxy) is 1. The van der Waals surface area contributed by atoms with Crippen LogP contribution in [0.2, 0.25) is 0 Å². The van der Waals surface area contributed by atoms with Crippen LogP contribution < -0.4 is 4.74 Å². The van der Waals surface area contributed by atoms with Crippen LogP contribution in [0.3, 0.4) is 0 Å². The number of piperidine rings is 1. The van der Waals surface area contributed by atoms with Gasteiger partial charge in [0.25, 0.3) is 0 Å². The molecule has 1 aromatic carbocycles. The van der Waals surface area contributed by atoms with Crippen molar-refractivity contribution < 1.29 is 4.74 Å². The molecule has 0 saturated carbocycles. The third kappa shape index (κ3) is 4.03. The molecule has 0 radical (unpaired) electrons. The van der Waals surface area contributed by atoms with E-state index in [4.69, 9.17) is 9.72 Å². The van der Waals surface area contributed by atoms with Crippen LogP contribution in [-0.4, -0.2) is 39.9 Å². The lowest BCUT2D eigenvalue weighted by Gasteiger charge is -2.32. The Bertz CT molecular complexity index is 905. The zero-order chi connectivity index (χ0) is 18.6. The smallest absolute Gasteiger partial charge is 0.128 e. The summed E-state index contributed by atoms with van der Waals surface area (Å²) >= 11 is 0. The van der Waals surface area contributed by atoms with Crippen LogP contribution in [0.5, 0.6) is 5.75 Å². The first-order chi connectivity index (χ1) is 13.2. The van der Waals surface area contributed by atoms with Crippen LogP contribution in [0, 0.1) is 0 Å². The average molecular weight is 362 g/mol. The highest BCUT2D eigenvalue weighted by Gasteiger charge is 2.23. The fourth-order valence-corrected chi connectivity index (χ4v) is 3.94. The van der Waals surface area contributed by atoms with Crippen LogP contribution in [0.15, 0.2) is 54.9 Å². The van der Waals surface area contributed by atoms with E-state index in [1.54, 1.807) is 7.11 Å². The van der Waals surface area contributed by atoms with Crippen molar-refractivity contribution in [1.29, 1.82) is 0 Å². The number of likely N-dealkylation sites (tertiary alicyclic amines) is 1. The molecule has 3 heterocycles. The molecule has 0 amide bonds. The number of pyridine rings is 1. The minimum Gasteiger partial charge on any atom is -0.496 e. The summed E-state index contributed by atoms with van der Waals surface area (Å²) in [6, 6.07) is 14.4. The predicted octanol–water partition coefficient (Wildman–Crippen LogP) is 3.87. The first-order valence-corrected chi connectivity index (χ1v) is 9.53. The summed E-state index contributed by atoms with van der Waals surface area (Å²) < 4.78 is 7.38. The monoisotopic (exact) mass is 362 g/mol.